The summed E-state index contributed by atoms with van der Waals surface area (Å²) in [6, 6.07) is 1.70. The van der Waals surface area contributed by atoms with E-state index in [2.05, 4.69) is 21.2 Å². The maximum Gasteiger partial charge on any atom is 0.262 e. The van der Waals surface area contributed by atoms with Crippen molar-refractivity contribution in [1.82, 2.24) is 5.32 Å². The molecule has 0 fully saturated rings. The third kappa shape index (κ3) is 3.66. The number of halogens is 3. The summed E-state index contributed by atoms with van der Waals surface area (Å²) in [5.41, 5.74) is -0.109. The van der Waals surface area contributed by atoms with Crippen molar-refractivity contribution in [3.05, 3.63) is 28.0 Å². The van der Waals surface area contributed by atoms with Crippen LogP contribution in [0.2, 0.25) is 0 Å². The molecule has 1 rings (SSSR count). The number of nitrogens with one attached hydrogen (secondary N) is 1. The van der Waals surface area contributed by atoms with E-state index in [1.165, 1.54) is 0 Å². The zero-order valence-corrected chi connectivity index (χ0v) is 12.5. The van der Waals surface area contributed by atoms with E-state index in [-0.39, 0.29) is 10.0 Å². The average molecular weight is 359 g/mol. The van der Waals surface area contributed by atoms with Gasteiger partial charge in [0.2, 0.25) is 0 Å². The first-order valence-corrected chi connectivity index (χ1v) is 8.09. The third-order valence-electron chi connectivity index (χ3n) is 2.05. The van der Waals surface area contributed by atoms with Gasteiger partial charge in [0, 0.05) is 17.2 Å². The molecular weight excluding hydrogens is 349 g/mol. The van der Waals surface area contributed by atoms with E-state index in [9.17, 15) is 17.6 Å². The van der Waals surface area contributed by atoms with Crippen LogP contribution in [0.25, 0.3) is 0 Å². The van der Waals surface area contributed by atoms with Crippen molar-refractivity contribution in [3.8, 4) is 0 Å². The summed E-state index contributed by atoms with van der Waals surface area (Å²) >= 11 is 2.95. The van der Waals surface area contributed by atoms with Crippen LogP contribution in [0, 0.1) is 5.82 Å². The van der Waals surface area contributed by atoms with E-state index in [1.807, 2.05) is 6.92 Å². The Morgan fingerprint density at radius 2 is 2.11 bits per heavy atom. The summed E-state index contributed by atoms with van der Waals surface area (Å²) < 4.78 is 35.7. The highest BCUT2D eigenvalue weighted by molar-refractivity contribution is 9.10. The van der Waals surface area contributed by atoms with Gasteiger partial charge >= 0.3 is 0 Å². The van der Waals surface area contributed by atoms with Crippen molar-refractivity contribution in [3.63, 3.8) is 0 Å². The van der Waals surface area contributed by atoms with E-state index in [0.717, 1.165) is 12.1 Å². The number of hydrogen-bond donors (Lipinski definition) is 1. The van der Waals surface area contributed by atoms with Crippen LogP contribution in [-0.2, 0) is 9.05 Å². The van der Waals surface area contributed by atoms with Crippen LogP contribution in [-0.4, -0.2) is 20.9 Å². The third-order valence-corrected chi connectivity index (χ3v) is 4.51. The van der Waals surface area contributed by atoms with Gasteiger partial charge in [0.25, 0.3) is 15.0 Å². The Bertz CT molecular complexity index is 577. The Hall–Kier alpha value is -0.660. The molecule has 0 heterocycles. The second-order valence-electron chi connectivity index (χ2n) is 3.46. The Kier molecular flexibility index (Phi) is 5.12. The lowest BCUT2D eigenvalue weighted by Crippen LogP contribution is -2.24. The number of hydrogen-bond acceptors (Lipinski definition) is 3. The van der Waals surface area contributed by atoms with Gasteiger partial charge in [-0.2, -0.15) is 0 Å². The standard InChI is InChI=1S/C10H10BrClFNO3S/c1-2-3-14-10(15)7-4-6(13)5-8(9(7)11)18(12,16)17/h4-5H,2-3H2,1H3,(H,14,15). The number of carbonyl (C=O) groups is 1. The minimum atomic E-state index is -4.13. The first-order valence-electron chi connectivity index (χ1n) is 4.99. The van der Waals surface area contributed by atoms with Crippen LogP contribution in [0.3, 0.4) is 0 Å². The molecular formula is C10H10BrClFNO3S. The second-order valence-corrected chi connectivity index (χ2v) is 6.79. The fraction of sp³-hybridized carbons (Fsp3) is 0.300. The van der Waals surface area contributed by atoms with Crippen LogP contribution in [0.1, 0.15) is 23.7 Å². The van der Waals surface area contributed by atoms with Gasteiger partial charge in [-0.15, -0.1) is 0 Å². The molecule has 0 aromatic heterocycles. The predicted octanol–water partition coefficient (Wildman–Crippen LogP) is 2.66. The smallest absolute Gasteiger partial charge is 0.262 e. The van der Waals surface area contributed by atoms with E-state index in [1.54, 1.807) is 0 Å². The Morgan fingerprint density at radius 3 is 2.61 bits per heavy atom. The SMILES string of the molecule is CCCNC(=O)c1cc(F)cc(S(=O)(=O)Cl)c1Br. The monoisotopic (exact) mass is 357 g/mol. The molecule has 18 heavy (non-hydrogen) atoms. The molecule has 1 amide bonds. The first kappa shape index (κ1) is 15.4. The molecule has 0 aliphatic rings. The van der Waals surface area contributed by atoms with Crippen LogP contribution >= 0.6 is 26.6 Å². The summed E-state index contributed by atoms with van der Waals surface area (Å²) in [6.07, 6.45) is 0.708. The van der Waals surface area contributed by atoms with Gasteiger partial charge < -0.3 is 5.32 Å². The molecule has 0 aliphatic heterocycles. The largest absolute Gasteiger partial charge is 0.352 e. The number of carbonyl (C=O) groups excluding carboxylic acids is 1. The van der Waals surface area contributed by atoms with Gasteiger partial charge in [-0.25, -0.2) is 12.8 Å². The molecule has 0 bridgehead atoms. The quantitative estimate of drug-likeness (QED) is 0.842. The summed E-state index contributed by atoms with van der Waals surface area (Å²) in [4.78, 5) is 11.2. The molecule has 0 radical (unpaired) electrons. The molecule has 0 saturated heterocycles. The van der Waals surface area contributed by atoms with Crippen LogP contribution in [0.15, 0.2) is 21.5 Å². The normalized spacial score (nSPS) is 11.3. The summed E-state index contributed by atoms with van der Waals surface area (Å²) in [5.74, 6) is -1.41. The van der Waals surface area contributed by atoms with E-state index >= 15 is 0 Å². The minimum Gasteiger partial charge on any atom is -0.352 e. The molecule has 100 valence electrons. The summed E-state index contributed by atoms with van der Waals surface area (Å²) in [7, 11) is 1.03. The second kappa shape index (κ2) is 5.99. The molecule has 0 saturated carbocycles. The Balaban J connectivity index is 3.30. The highest BCUT2D eigenvalue weighted by Crippen LogP contribution is 2.29. The lowest BCUT2D eigenvalue weighted by molar-refractivity contribution is 0.0952. The van der Waals surface area contributed by atoms with Gasteiger partial charge in [0.05, 0.1) is 10.0 Å². The number of rotatable bonds is 4. The van der Waals surface area contributed by atoms with Gasteiger partial charge in [-0.1, -0.05) is 6.92 Å². The minimum absolute atomic E-state index is 0.0486. The molecule has 4 nitrogen and oxygen atoms in total. The predicted molar refractivity (Wildman–Crippen MR) is 69.8 cm³/mol. The topological polar surface area (TPSA) is 63.2 Å². The van der Waals surface area contributed by atoms with Crippen LogP contribution in [0.4, 0.5) is 4.39 Å². The Labute approximate surface area is 117 Å². The van der Waals surface area contributed by atoms with Crippen molar-refractivity contribution in [2.24, 2.45) is 0 Å². The number of amides is 1. The van der Waals surface area contributed by atoms with Gasteiger partial charge in [0.1, 0.15) is 10.7 Å². The van der Waals surface area contributed by atoms with E-state index < -0.39 is 25.7 Å². The van der Waals surface area contributed by atoms with E-state index in [4.69, 9.17) is 10.7 Å². The van der Waals surface area contributed by atoms with Gasteiger partial charge in [0.15, 0.2) is 0 Å². The fourth-order valence-electron chi connectivity index (χ4n) is 1.24. The zero-order valence-electron chi connectivity index (χ0n) is 9.34. The Morgan fingerprint density at radius 1 is 1.50 bits per heavy atom. The van der Waals surface area contributed by atoms with Gasteiger partial charge in [-0.3, -0.25) is 4.79 Å². The molecule has 1 aromatic rings. The molecule has 1 N–H and O–H groups in total. The van der Waals surface area contributed by atoms with Crippen molar-refractivity contribution < 1.29 is 17.6 Å². The maximum absolute atomic E-state index is 13.3. The fourth-order valence-corrected chi connectivity index (χ4v) is 3.51. The lowest BCUT2D eigenvalue weighted by atomic mass is 10.2. The first-order chi connectivity index (χ1) is 8.27. The molecule has 0 spiro atoms. The average Bonchev–Trinajstić information content (AvgIpc) is 2.27. The van der Waals surface area contributed by atoms with E-state index in [0.29, 0.717) is 13.0 Å². The summed E-state index contributed by atoms with van der Waals surface area (Å²) in [6.45, 7) is 2.26. The number of benzene rings is 1. The van der Waals surface area contributed by atoms with Crippen LogP contribution in [0.5, 0.6) is 0 Å². The highest BCUT2D eigenvalue weighted by Gasteiger charge is 2.22. The molecule has 0 aliphatic carbocycles. The van der Waals surface area contributed by atoms with Gasteiger partial charge in [-0.05, 0) is 34.5 Å². The summed E-state index contributed by atoms with van der Waals surface area (Å²) in [5, 5.41) is 2.52. The molecule has 8 heteroatoms. The zero-order chi connectivity index (χ0) is 13.9. The molecule has 0 atom stereocenters. The highest BCUT2D eigenvalue weighted by atomic mass is 79.9. The lowest BCUT2D eigenvalue weighted by Gasteiger charge is -2.08. The molecule has 1 aromatic carbocycles. The maximum atomic E-state index is 13.3. The van der Waals surface area contributed by atoms with Crippen molar-refractivity contribution in [2.75, 3.05) is 6.54 Å². The van der Waals surface area contributed by atoms with Crippen LogP contribution < -0.4 is 5.32 Å². The van der Waals surface area contributed by atoms with Crippen molar-refractivity contribution in [2.45, 2.75) is 18.2 Å². The van der Waals surface area contributed by atoms with Crippen molar-refractivity contribution >= 4 is 41.6 Å². The van der Waals surface area contributed by atoms with Crippen molar-refractivity contribution in [1.29, 1.82) is 0 Å². The molecule has 0 unspecified atom stereocenters.